The van der Waals surface area contributed by atoms with Crippen LogP contribution in [0.15, 0.2) is 12.4 Å². The molecule has 0 saturated carbocycles. The van der Waals surface area contributed by atoms with Crippen molar-refractivity contribution in [3.05, 3.63) is 12.4 Å². The number of halogens is 4. The SMILES string of the molecule is CCCCCCCCCCCC(N1C=CN(C)C1)S(=O)(=O)O.F[B-](F)(F)F. The number of unbranched alkanes of at least 4 members (excludes halogenated alkanes) is 8. The van der Waals surface area contributed by atoms with Gasteiger partial charge in [0, 0.05) is 19.4 Å². The van der Waals surface area contributed by atoms with E-state index in [-0.39, 0.29) is 0 Å². The van der Waals surface area contributed by atoms with E-state index in [1.54, 1.807) is 11.1 Å². The Bertz CT molecular complexity index is 512. The van der Waals surface area contributed by atoms with Gasteiger partial charge >= 0.3 is 7.25 Å². The van der Waals surface area contributed by atoms with E-state index in [0.29, 0.717) is 13.1 Å². The van der Waals surface area contributed by atoms with Crippen LogP contribution < -0.4 is 0 Å². The fraction of sp³-hybridized carbons (Fsp3) is 0.875. The third-order valence-corrected chi connectivity index (χ3v) is 5.36. The lowest BCUT2D eigenvalue weighted by molar-refractivity contribution is 0.253. The molecule has 0 radical (unpaired) electrons. The molecule has 162 valence electrons. The first-order valence-electron chi connectivity index (χ1n) is 9.43. The van der Waals surface area contributed by atoms with Gasteiger partial charge in [-0.1, -0.05) is 64.7 Å². The largest absolute Gasteiger partial charge is 0.673 e. The van der Waals surface area contributed by atoms with Gasteiger partial charge in [-0.25, -0.2) is 0 Å². The van der Waals surface area contributed by atoms with Crippen molar-refractivity contribution in [1.29, 1.82) is 0 Å². The summed E-state index contributed by atoms with van der Waals surface area (Å²) in [7, 11) is -8.15. The monoisotopic (exact) mass is 419 g/mol. The summed E-state index contributed by atoms with van der Waals surface area (Å²) in [6.45, 7) is 2.74. The van der Waals surface area contributed by atoms with Crippen molar-refractivity contribution >= 4 is 17.4 Å². The molecule has 0 aromatic carbocycles. The molecule has 1 atom stereocenters. The molecule has 1 rings (SSSR count). The van der Waals surface area contributed by atoms with Crippen molar-refractivity contribution in [3.8, 4) is 0 Å². The van der Waals surface area contributed by atoms with Gasteiger partial charge in [0.1, 0.15) is 0 Å². The molecule has 0 aromatic heterocycles. The lowest BCUT2D eigenvalue weighted by atomic mass is 10.1. The molecule has 0 fully saturated rings. The molecule has 0 aromatic rings. The number of hydrogen-bond acceptors (Lipinski definition) is 4. The standard InChI is InChI=1S/C16H32N2O3S.BF4/c1-3-4-5-6-7-8-9-10-11-12-16(22(19,20)21)18-14-13-17(2)15-18;2-1(3,4)5/h13-14,16H,3-12,15H2,1-2H3,(H,19,20,21);/q;-1. The number of hydrogen-bond donors (Lipinski definition) is 1. The van der Waals surface area contributed by atoms with E-state index in [0.717, 1.165) is 19.3 Å². The van der Waals surface area contributed by atoms with E-state index in [2.05, 4.69) is 6.92 Å². The zero-order valence-electron chi connectivity index (χ0n) is 16.2. The molecule has 0 bridgehead atoms. The van der Waals surface area contributed by atoms with E-state index < -0.39 is 22.7 Å². The Morgan fingerprint density at radius 3 is 1.78 bits per heavy atom. The Kier molecular flexibility index (Phi) is 12.8. The third-order valence-electron chi connectivity index (χ3n) is 4.17. The van der Waals surface area contributed by atoms with Gasteiger partial charge in [0.05, 0.1) is 6.67 Å². The van der Waals surface area contributed by atoms with E-state index >= 15 is 0 Å². The van der Waals surface area contributed by atoms with Crippen LogP contribution in [0.25, 0.3) is 0 Å². The highest BCUT2D eigenvalue weighted by atomic mass is 32.2. The van der Waals surface area contributed by atoms with Gasteiger partial charge in [0.25, 0.3) is 10.1 Å². The van der Waals surface area contributed by atoms with Crippen LogP contribution in [0.5, 0.6) is 0 Å². The molecule has 1 heterocycles. The second kappa shape index (κ2) is 13.3. The maximum Gasteiger partial charge on any atom is 0.673 e. The Hall–Kier alpha value is -0.965. The van der Waals surface area contributed by atoms with Crippen LogP contribution in [0.2, 0.25) is 0 Å². The van der Waals surface area contributed by atoms with Crippen molar-refractivity contribution in [2.24, 2.45) is 0 Å². The highest BCUT2D eigenvalue weighted by molar-refractivity contribution is 7.86. The molecule has 0 spiro atoms. The van der Waals surface area contributed by atoms with Gasteiger partial charge in [-0.2, -0.15) is 8.42 Å². The predicted octanol–water partition coefficient (Wildman–Crippen LogP) is 5.10. The molecule has 1 aliphatic rings. The Morgan fingerprint density at radius 2 is 1.41 bits per heavy atom. The van der Waals surface area contributed by atoms with Crippen LogP contribution in [-0.4, -0.2) is 49.1 Å². The summed E-state index contributed by atoms with van der Waals surface area (Å²) < 4.78 is 71.5. The Morgan fingerprint density at radius 1 is 0.963 bits per heavy atom. The van der Waals surface area contributed by atoms with Gasteiger partial charge in [-0.3, -0.25) is 4.55 Å². The molecule has 1 unspecified atom stereocenters. The Balaban J connectivity index is 0.00000119. The summed E-state index contributed by atoms with van der Waals surface area (Å²) in [6, 6.07) is 0. The number of nitrogens with zero attached hydrogens (tertiary/aromatic N) is 2. The predicted molar refractivity (Wildman–Crippen MR) is 101 cm³/mol. The molecule has 0 saturated heterocycles. The van der Waals surface area contributed by atoms with E-state index in [4.69, 9.17) is 0 Å². The van der Waals surface area contributed by atoms with Crippen molar-refractivity contribution < 1.29 is 30.2 Å². The summed E-state index contributed by atoms with van der Waals surface area (Å²) in [4.78, 5) is 3.59. The molecule has 5 nitrogen and oxygen atoms in total. The smallest absolute Gasteiger partial charge is 0.418 e. The lowest BCUT2D eigenvalue weighted by Gasteiger charge is -2.26. The van der Waals surface area contributed by atoms with E-state index in [9.17, 15) is 30.2 Å². The molecule has 11 heteroatoms. The highest BCUT2D eigenvalue weighted by Gasteiger charge is 2.29. The maximum atomic E-state index is 11.6. The van der Waals surface area contributed by atoms with Crippen LogP contribution in [-0.2, 0) is 10.1 Å². The highest BCUT2D eigenvalue weighted by Crippen LogP contribution is 2.20. The fourth-order valence-corrected chi connectivity index (χ4v) is 3.80. The number of rotatable bonds is 12. The van der Waals surface area contributed by atoms with E-state index in [1.807, 2.05) is 18.1 Å². The first-order valence-corrected chi connectivity index (χ1v) is 10.9. The molecular formula is C16H32BF4N2O3S-. The minimum atomic E-state index is -6.00. The van der Waals surface area contributed by atoms with Gasteiger partial charge in [0.2, 0.25) is 0 Å². The summed E-state index contributed by atoms with van der Waals surface area (Å²) in [5.41, 5.74) is 0. The maximum absolute atomic E-state index is 11.6. The van der Waals surface area contributed by atoms with Crippen molar-refractivity contribution in [2.45, 2.75) is 76.5 Å². The molecule has 0 aliphatic carbocycles. The van der Waals surface area contributed by atoms with Gasteiger partial charge in [-0.15, -0.1) is 0 Å². The van der Waals surface area contributed by atoms with Crippen LogP contribution >= 0.6 is 0 Å². The summed E-state index contributed by atoms with van der Waals surface area (Å²) in [6.07, 6.45) is 14.8. The molecule has 27 heavy (non-hydrogen) atoms. The van der Waals surface area contributed by atoms with Gasteiger partial charge in [-0.05, 0) is 6.42 Å². The average molecular weight is 419 g/mol. The molecular weight excluding hydrogens is 387 g/mol. The normalized spacial score (nSPS) is 15.7. The zero-order valence-corrected chi connectivity index (χ0v) is 17.0. The average Bonchev–Trinajstić information content (AvgIpc) is 2.92. The zero-order chi connectivity index (χ0) is 20.9. The van der Waals surface area contributed by atoms with Gasteiger partial charge in [0.15, 0.2) is 5.37 Å². The minimum absolute atomic E-state index is 0.493. The summed E-state index contributed by atoms with van der Waals surface area (Å²) >= 11 is 0. The summed E-state index contributed by atoms with van der Waals surface area (Å²) in [5.74, 6) is 0. The summed E-state index contributed by atoms with van der Waals surface area (Å²) in [5, 5.41) is -0.807. The first-order chi connectivity index (χ1) is 12.4. The lowest BCUT2D eigenvalue weighted by Crippen LogP contribution is -2.38. The van der Waals surface area contributed by atoms with Gasteiger partial charge < -0.3 is 27.1 Å². The topological polar surface area (TPSA) is 60.9 Å². The molecule has 1 N–H and O–H groups in total. The second-order valence-electron chi connectivity index (χ2n) is 6.79. The molecule has 0 amide bonds. The molecule has 1 aliphatic heterocycles. The second-order valence-corrected chi connectivity index (χ2v) is 8.37. The quantitative estimate of drug-likeness (QED) is 0.207. The van der Waals surface area contributed by atoms with Crippen LogP contribution in [0.1, 0.15) is 71.1 Å². The van der Waals surface area contributed by atoms with Crippen molar-refractivity contribution in [2.75, 3.05) is 13.7 Å². The first kappa shape index (κ1) is 26.0. The van der Waals surface area contributed by atoms with Crippen LogP contribution in [0.4, 0.5) is 17.3 Å². The van der Waals surface area contributed by atoms with Crippen LogP contribution in [0, 0.1) is 0 Å². The third kappa shape index (κ3) is 15.8. The van der Waals surface area contributed by atoms with Crippen molar-refractivity contribution in [3.63, 3.8) is 0 Å². The van der Waals surface area contributed by atoms with Crippen molar-refractivity contribution in [1.82, 2.24) is 9.80 Å². The minimum Gasteiger partial charge on any atom is -0.418 e. The van der Waals surface area contributed by atoms with Crippen LogP contribution in [0.3, 0.4) is 0 Å². The Labute approximate surface area is 160 Å². The fourth-order valence-electron chi connectivity index (χ4n) is 2.85. The van der Waals surface area contributed by atoms with E-state index in [1.165, 1.54) is 38.5 Å².